The summed E-state index contributed by atoms with van der Waals surface area (Å²) >= 11 is 0. The van der Waals surface area contributed by atoms with Crippen molar-refractivity contribution in [2.75, 3.05) is 26.7 Å². The predicted molar refractivity (Wildman–Crippen MR) is 79.5 cm³/mol. The Kier molecular flexibility index (Phi) is 5.15. The lowest BCUT2D eigenvalue weighted by Gasteiger charge is -2.29. The van der Waals surface area contributed by atoms with E-state index in [1.165, 1.54) is 18.4 Å². The van der Waals surface area contributed by atoms with Crippen molar-refractivity contribution in [2.45, 2.75) is 31.7 Å². The SMILES string of the molecule is CCOC(=O)C(N)c1ccc(C2CCN(C)CC2)cc1. The molecular formula is C16H24N2O2. The summed E-state index contributed by atoms with van der Waals surface area (Å²) in [7, 11) is 2.16. The zero-order valence-corrected chi connectivity index (χ0v) is 12.3. The van der Waals surface area contributed by atoms with Gasteiger partial charge in [0.05, 0.1) is 6.61 Å². The third-order valence-electron chi connectivity index (χ3n) is 4.03. The number of carbonyl (C=O) groups excluding carboxylic acids is 1. The van der Waals surface area contributed by atoms with Gasteiger partial charge < -0.3 is 15.4 Å². The summed E-state index contributed by atoms with van der Waals surface area (Å²) in [6.07, 6.45) is 2.39. The first-order chi connectivity index (χ1) is 9.61. The Bertz CT molecular complexity index is 436. The number of esters is 1. The minimum absolute atomic E-state index is 0.361. The van der Waals surface area contributed by atoms with Gasteiger partial charge in [-0.3, -0.25) is 0 Å². The van der Waals surface area contributed by atoms with Crippen molar-refractivity contribution < 1.29 is 9.53 Å². The van der Waals surface area contributed by atoms with E-state index in [2.05, 4.69) is 24.1 Å². The topological polar surface area (TPSA) is 55.6 Å². The minimum Gasteiger partial charge on any atom is -0.465 e. The highest BCUT2D eigenvalue weighted by atomic mass is 16.5. The van der Waals surface area contributed by atoms with Crippen LogP contribution in [0.4, 0.5) is 0 Å². The molecule has 110 valence electrons. The molecule has 0 radical (unpaired) electrons. The average Bonchev–Trinajstić information content (AvgIpc) is 2.48. The third-order valence-corrected chi connectivity index (χ3v) is 4.03. The number of likely N-dealkylation sites (tertiary alicyclic amines) is 1. The largest absolute Gasteiger partial charge is 0.465 e. The molecule has 1 atom stereocenters. The first kappa shape index (κ1) is 15.0. The van der Waals surface area contributed by atoms with Crippen LogP contribution < -0.4 is 5.73 Å². The van der Waals surface area contributed by atoms with Crippen LogP contribution in [0, 0.1) is 0 Å². The zero-order chi connectivity index (χ0) is 14.5. The molecule has 1 aromatic rings. The number of rotatable bonds is 4. The fraction of sp³-hybridized carbons (Fsp3) is 0.562. The lowest BCUT2D eigenvalue weighted by atomic mass is 9.89. The van der Waals surface area contributed by atoms with Crippen LogP contribution in [0.3, 0.4) is 0 Å². The first-order valence-corrected chi connectivity index (χ1v) is 7.32. The van der Waals surface area contributed by atoms with E-state index in [1.54, 1.807) is 6.92 Å². The van der Waals surface area contributed by atoms with Crippen molar-refractivity contribution in [1.82, 2.24) is 4.90 Å². The Morgan fingerprint density at radius 3 is 2.50 bits per heavy atom. The van der Waals surface area contributed by atoms with Gasteiger partial charge in [0.2, 0.25) is 0 Å². The van der Waals surface area contributed by atoms with E-state index in [0.29, 0.717) is 12.5 Å². The Hall–Kier alpha value is -1.39. The summed E-state index contributed by atoms with van der Waals surface area (Å²) in [6.45, 7) is 4.44. The van der Waals surface area contributed by atoms with Crippen LogP contribution in [-0.2, 0) is 9.53 Å². The number of benzene rings is 1. The van der Waals surface area contributed by atoms with Gasteiger partial charge in [-0.15, -0.1) is 0 Å². The summed E-state index contributed by atoms with van der Waals surface area (Å²) < 4.78 is 4.95. The second-order valence-electron chi connectivity index (χ2n) is 5.47. The molecule has 0 aromatic heterocycles. The second-order valence-corrected chi connectivity index (χ2v) is 5.47. The smallest absolute Gasteiger partial charge is 0.327 e. The van der Waals surface area contributed by atoms with E-state index in [0.717, 1.165) is 18.7 Å². The maximum atomic E-state index is 11.6. The highest BCUT2D eigenvalue weighted by Gasteiger charge is 2.20. The second kappa shape index (κ2) is 6.86. The molecule has 1 unspecified atom stereocenters. The highest BCUT2D eigenvalue weighted by molar-refractivity contribution is 5.77. The Labute approximate surface area is 120 Å². The molecule has 0 bridgehead atoms. The van der Waals surface area contributed by atoms with Crippen molar-refractivity contribution in [3.05, 3.63) is 35.4 Å². The molecule has 1 aliphatic rings. The van der Waals surface area contributed by atoms with Crippen LogP contribution in [0.15, 0.2) is 24.3 Å². The van der Waals surface area contributed by atoms with Crippen molar-refractivity contribution in [2.24, 2.45) is 5.73 Å². The molecule has 2 rings (SSSR count). The van der Waals surface area contributed by atoms with Crippen LogP contribution >= 0.6 is 0 Å². The fourth-order valence-electron chi connectivity index (χ4n) is 2.69. The zero-order valence-electron chi connectivity index (χ0n) is 12.3. The number of nitrogens with two attached hydrogens (primary N) is 1. The summed E-state index contributed by atoms with van der Waals surface area (Å²) in [5.74, 6) is 0.263. The van der Waals surface area contributed by atoms with Crippen LogP contribution in [0.25, 0.3) is 0 Å². The van der Waals surface area contributed by atoms with Gasteiger partial charge in [0.1, 0.15) is 6.04 Å². The van der Waals surface area contributed by atoms with Crippen LogP contribution in [-0.4, -0.2) is 37.6 Å². The molecule has 4 heteroatoms. The number of piperidine rings is 1. The predicted octanol–water partition coefficient (Wildman–Crippen LogP) is 2.06. The number of nitrogens with zero attached hydrogens (tertiary/aromatic N) is 1. The fourth-order valence-corrected chi connectivity index (χ4v) is 2.69. The summed E-state index contributed by atoms with van der Waals surface area (Å²) in [5.41, 5.74) is 8.05. The van der Waals surface area contributed by atoms with E-state index >= 15 is 0 Å². The van der Waals surface area contributed by atoms with Gasteiger partial charge in [0.25, 0.3) is 0 Å². The summed E-state index contributed by atoms with van der Waals surface area (Å²) in [5, 5.41) is 0. The lowest BCUT2D eigenvalue weighted by molar-refractivity contribution is -0.144. The maximum Gasteiger partial charge on any atom is 0.327 e. The molecule has 4 nitrogen and oxygen atoms in total. The van der Waals surface area contributed by atoms with Crippen molar-refractivity contribution in [1.29, 1.82) is 0 Å². The minimum atomic E-state index is -0.679. The van der Waals surface area contributed by atoms with Gasteiger partial charge in [-0.25, -0.2) is 4.79 Å². The molecule has 0 amide bonds. The van der Waals surface area contributed by atoms with E-state index in [1.807, 2.05) is 12.1 Å². The molecule has 1 fully saturated rings. The number of hydrogen-bond acceptors (Lipinski definition) is 4. The van der Waals surface area contributed by atoms with Gasteiger partial charge in [0, 0.05) is 0 Å². The lowest BCUT2D eigenvalue weighted by Crippen LogP contribution is -2.29. The molecule has 0 aliphatic carbocycles. The van der Waals surface area contributed by atoms with Gasteiger partial charge in [0.15, 0.2) is 0 Å². The molecule has 20 heavy (non-hydrogen) atoms. The van der Waals surface area contributed by atoms with Gasteiger partial charge >= 0.3 is 5.97 Å². The number of hydrogen-bond donors (Lipinski definition) is 1. The van der Waals surface area contributed by atoms with Crippen molar-refractivity contribution >= 4 is 5.97 Å². The Balaban J connectivity index is 2.01. The number of carbonyl (C=O) groups is 1. The van der Waals surface area contributed by atoms with Gasteiger partial charge in [-0.05, 0) is 56.9 Å². The van der Waals surface area contributed by atoms with Crippen LogP contribution in [0.1, 0.15) is 42.9 Å². The average molecular weight is 276 g/mol. The Morgan fingerprint density at radius 1 is 1.35 bits per heavy atom. The first-order valence-electron chi connectivity index (χ1n) is 7.32. The summed E-state index contributed by atoms with van der Waals surface area (Å²) in [4.78, 5) is 14.0. The quantitative estimate of drug-likeness (QED) is 0.855. The standard InChI is InChI=1S/C16H24N2O2/c1-3-20-16(19)15(17)14-6-4-12(5-7-14)13-8-10-18(2)11-9-13/h4-7,13,15H,3,8-11,17H2,1-2H3. The third kappa shape index (κ3) is 3.58. The van der Waals surface area contributed by atoms with E-state index in [-0.39, 0.29) is 5.97 Å². The molecule has 1 saturated heterocycles. The molecule has 0 saturated carbocycles. The maximum absolute atomic E-state index is 11.6. The highest BCUT2D eigenvalue weighted by Crippen LogP contribution is 2.28. The van der Waals surface area contributed by atoms with Crippen LogP contribution in [0.5, 0.6) is 0 Å². The van der Waals surface area contributed by atoms with Crippen molar-refractivity contribution in [3.8, 4) is 0 Å². The molecule has 2 N–H and O–H groups in total. The number of ether oxygens (including phenoxy) is 1. The van der Waals surface area contributed by atoms with E-state index < -0.39 is 6.04 Å². The molecule has 1 aliphatic heterocycles. The molecular weight excluding hydrogens is 252 g/mol. The van der Waals surface area contributed by atoms with Crippen molar-refractivity contribution in [3.63, 3.8) is 0 Å². The Morgan fingerprint density at radius 2 is 1.95 bits per heavy atom. The monoisotopic (exact) mass is 276 g/mol. The summed E-state index contributed by atoms with van der Waals surface area (Å²) in [6, 6.07) is 7.43. The molecule has 1 heterocycles. The van der Waals surface area contributed by atoms with Gasteiger partial charge in [-0.1, -0.05) is 24.3 Å². The van der Waals surface area contributed by atoms with E-state index in [9.17, 15) is 4.79 Å². The molecule has 1 aromatic carbocycles. The normalized spacial score (nSPS) is 18.8. The van der Waals surface area contributed by atoms with E-state index in [4.69, 9.17) is 10.5 Å². The van der Waals surface area contributed by atoms with Crippen LogP contribution in [0.2, 0.25) is 0 Å². The molecule has 0 spiro atoms. The van der Waals surface area contributed by atoms with Gasteiger partial charge in [-0.2, -0.15) is 0 Å².